The van der Waals surface area contributed by atoms with Gasteiger partial charge in [0.15, 0.2) is 5.78 Å². The van der Waals surface area contributed by atoms with E-state index in [4.69, 9.17) is 23.7 Å². The normalized spacial score (nSPS) is 12.2. The third kappa shape index (κ3) is 7.40. The smallest absolute Gasteiger partial charge is 0.186 e. The fraction of sp³-hybridized carbons (Fsp3) is 0.192. The third-order valence-electron chi connectivity index (χ3n) is 4.43. The van der Waals surface area contributed by atoms with E-state index in [-0.39, 0.29) is 5.78 Å². The lowest BCUT2D eigenvalue weighted by Gasteiger charge is -2.07. The van der Waals surface area contributed by atoms with Crippen molar-refractivity contribution in [1.82, 2.24) is 0 Å². The number of benzene rings is 2. The molecule has 0 saturated carbocycles. The molecule has 0 amide bonds. The van der Waals surface area contributed by atoms with Gasteiger partial charge in [-0.15, -0.1) is 0 Å². The zero-order valence-corrected chi connectivity index (χ0v) is 19.0. The van der Waals surface area contributed by atoms with Crippen LogP contribution in [0, 0.1) is 0 Å². The average Bonchev–Trinajstić information content (AvgIpc) is 2.84. The molecule has 0 unspecified atom stereocenters. The van der Waals surface area contributed by atoms with Crippen molar-refractivity contribution in [2.45, 2.75) is 0 Å². The molecule has 0 atom stereocenters. The van der Waals surface area contributed by atoms with Crippen LogP contribution < -0.4 is 14.2 Å². The topological polar surface area (TPSA) is 63.2 Å². The number of rotatable bonds is 11. The van der Waals surface area contributed by atoms with E-state index in [9.17, 15) is 4.79 Å². The van der Waals surface area contributed by atoms with Gasteiger partial charge in [-0.25, -0.2) is 0 Å². The molecule has 0 spiro atoms. The van der Waals surface area contributed by atoms with Crippen molar-refractivity contribution in [2.75, 3.05) is 35.5 Å². The highest BCUT2D eigenvalue weighted by molar-refractivity contribution is 6.06. The van der Waals surface area contributed by atoms with Gasteiger partial charge in [-0.05, 0) is 47.6 Å². The third-order valence-corrected chi connectivity index (χ3v) is 4.43. The molecule has 0 fully saturated rings. The lowest BCUT2D eigenvalue weighted by atomic mass is 10.0. The van der Waals surface area contributed by atoms with Crippen molar-refractivity contribution in [3.8, 4) is 17.2 Å². The first-order chi connectivity index (χ1) is 15.5. The second-order valence-corrected chi connectivity index (χ2v) is 6.51. The Labute approximate surface area is 189 Å². The van der Waals surface area contributed by atoms with Crippen LogP contribution in [0.25, 0.3) is 6.08 Å². The predicted molar refractivity (Wildman–Crippen MR) is 125 cm³/mol. The maximum Gasteiger partial charge on any atom is 0.186 e. The maximum absolute atomic E-state index is 13.0. The van der Waals surface area contributed by atoms with E-state index in [1.807, 2.05) is 36.4 Å². The monoisotopic (exact) mass is 436 g/mol. The summed E-state index contributed by atoms with van der Waals surface area (Å²) in [6.07, 6.45) is 10.1. The molecular weight excluding hydrogens is 408 g/mol. The lowest BCUT2D eigenvalue weighted by Crippen LogP contribution is -1.98. The fourth-order valence-electron chi connectivity index (χ4n) is 2.70. The zero-order chi connectivity index (χ0) is 23.3. The Morgan fingerprint density at radius 1 is 0.750 bits per heavy atom. The van der Waals surface area contributed by atoms with E-state index in [0.29, 0.717) is 28.4 Å². The number of ketones is 1. The van der Waals surface area contributed by atoms with Gasteiger partial charge in [0.05, 0.1) is 41.8 Å². The quantitative estimate of drug-likeness (QED) is 0.208. The average molecular weight is 437 g/mol. The molecule has 0 aliphatic heterocycles. The van der Waals surface area contributed by atoms with E-state index in [1.54, 1.807) is 51.7 Å². The minimum atomic E-state index is -0.209. The van der Waals surface area contributed by atoms with Crippen LogP contribution in [0.4, 0.5) is 0 Å². The standard InChI is InChI=1S/C26H28O6/c1-28-13-12-23(30-3)14-20(7-6-19-8-10-22(29-2)11-9-19)15-26(27)21-16-24(31-4)18-25(17-21)32-5/h6-18H,1-5H3/b7-6+,13-12+,20-15+,23-14+. The second kappa shape index (κ2) is 12.7. The van der Waals surface area contributed by atoms with E-state index >= 15 is 0 Å². The van der Waals surface area contributed by atoms with Gasteiger partial charge in [-0.3, -0.25) is 4.79 Å². The van der Waals surface area contributed by atoms with Crippen molar-refractivity contribution in [3.05, 3.63) is 95.5 Å². The lowest BCUT2D eigenvalue weighted by molar-refractivity contribution is 0.104. The van der Waals surface area contributed by atoms with Crippen LogP contribution in [-0.2, 0) is 9.47 Å². The van der Waals surface area contributed by atoms with Crippen LogP contribution in [0.2, 0.25) is 0 Å². The summed E-state index contributed by atoms with van der Waals surface area (Å²) in [5, 5.41) is 0. The first-order valence-electron chi connectivity index (χ1n) is 9.79. The predicted octanol–water partition coefficient (Wildman–Crippen LogP) is 5.23. The van der Waals surface area contributed by atoms with Crippen LogP contribution >= 0.6 is 0 Å². The molecular formula is C26H28O6. The summed E-state index contributed by atoms with van der Waals surface area (Å²) in [6.45, 7) is 0. The van der Waals surface area contributed by atoms with Gasteiger partial charge in [0.25, 0.3) is 0 Å². The van der Waals surface area contributed by atoms with E-state index in [0.717, 1.165) is 11.3 Å². The molecule has 0 bridgehead atoms. The molecule has 2 aromatic carbocycles. The van der Waals surface area contributed by atoms with Gasteiger partial charge < -0.3 is 23.7 Å². The van der Waals surface area contributed by atoms with E-state index in [2.05, 4.69) is 0 Å². The summed E-state index contributed by atoms with van der Waals surface area (Å²) in [5.41, 5.74) is 2.02. The maximum atomic E-state index is 13.0. The number of allylic oxidation sites excluding steroid dienone is 5. The number of ether oxygens (including phenoxy) is 5. The number of carbonyl (C=O) groups is 1. The van der Waals surface area contributed by atoms with E-state index < -0.39 is 0 Å². The Balaban J connectivity index is 2.45. The van der Waals surface area contributed by atoms with Crippen molar-refractivity contribution >= 4 is 11.9 Å². The minimum Gasteiger partial charge on any atom is -0.504 e. The van der Waals surface area contributed by atoms with Crippen molar-refractivity contribution < 1.29 is 28.5 Å². The minimum absolute atomic E-state index is 0.209. The summed E-state index contributed by atoms with van der Waals surface area (Å²) in [6, 6.07) is 12.6. The van der Waals surface area contributed by atoms with Crippen LogP contribution in [0.1, 0.15) is 15.9 Å². The summed E-state index contributed by atoms with van der Waals surface area (Å²) in [4.78, 5) is 13.0. The second-order valence-electron chi connectivity index (χ2n) is 6.51. The van der Waals surface area contributed by atoms with Crippen molar-refractivity contribution in [2.24, 2.45) is 0 Å². The zero-order valence-electron chi connectivity index (χ0n) is 19.0. The highest BCUT2D eigenvalue weighted by Crippen LogP contribution is 2.24. The molecule has 0 aliphatic carbocycles. The van der Waals surface area contributed by atoms with Crippen molar-refractivity contribution in [3.63, 3.8) is 0 Å². The molecule has 0 aromatic heterocycles. The van der Waals surface area contributed by atoms with Crippen LogP contribution in [-0.4, -0.2) is 41.3 Å². The number of hydrogen-bond acceptors (Lipinski definition) is 6. The number of hydrogen-bond donors (Lipinski definition) is 0. The van der Waals surface area contributed by atoms with Crippen molar-refractivity contribution in [1.29, 1.82) is 0 Å². The van der Waals surface area contributed by atoms with Gasteiger partial charge in [0.2, 0.25) is 0 Å². The molecule has 32 heavy (non-hydrogen) atoms. The largest absolute Gasteiger partial charge is 0.504 e. The first kappa shape index (κ1) is 24.3. The first-order valence-corrected chi connectivity index (χ1v) is 9.79. The van der Waals surface area contributed by atoms with Crippen LogP contribution in [0.5, 0.6) is 17.2 Å². The molecule has 0 heterocycles. The number of methoxy groups -OCH3 is 5. The van der Waals surface area contributed by atoms with Gasteiger partial charge in [0, 0.05) is 17.7 Å². The summed E-state index contributed by atoms with van der Waals surface area (Å²) in [5.74, 6) is 2.15. The fourth-order valence-corrected chi connectivity index (χ4v) is 2.70. The molecule has 0 saturated heterocycles. The van der Waals surface area contributed by atoms with Gasteiger partial charge >= 0.3 is 0 Å². The Hall–Kier alpha value is -3.93. The highest BCUT2D eigenvalue weighted by Gasteiger charge is 2.09. The summed E-state index contributed by atoms with van der Waals surface area (Å²) < 4.78 is 26.1. The van der Waals surface area contributed by atoms with Gasteiger partial charge in [0.1, 0.15) is 23.0 Å². The highest BCUT2D eigenvalue weighted by atomic mass is 16.5. The molecule has 6 heteroatoms. The molecule has 0 aliphatic rings. The van der Waals surface area contributed by atoms with Gasteiger partial charge in [-0.1, -0.05) is 24.3 Å². The number of carbonyl (C=O) groups excluding carboxylic acids is 1. The molecule has 0 radical (unpaired) electrons. The Morgan fingerprint density at radius 2 is 1.38 bits per heavy atom. The Bertz CT molecular complexity index is 991. The Kier molecular flexibility index (Phi) is 9.66. The summed E-state index contributed by atoms with van der Waals surface area (Å²) >= 11 is 0. The van der Waals surface area contributed by atoms with Gasteiger partial charge in [-0.2, -0.15) is 0 Å². The van der Waals surface area contributed by atoms with Crippen LogP contribution in [0.3, 0.4) is 0 Å². The molecule has 2 aromatic rings. The Morgan fingerprint density at radius 3 is 1.91 bits per heavy atom. The summed E-state index contributed by atoms with van der Waals surface area (Å²) in [7, 11) is 7.79. The molecule has 168 valence electrons. The molecule has 0 N–H and O–H groups in total. The molecule has 2 rings (SSSR count). The molecule has 6 nitrogen and oxygen atoms in total. The van der Waals surface area contributed by atoms with E-state index in [1.165, 1.54) is 26.6 Å². The SMILES string of the molecule is CO/C=C/C(=C\C(\C=C\c1ccc(OC)cc1)=C\C(=O)c1cc(OC)cc(OC)c1)OC. The van der Waals surface area contributed by atoms with Crippen LogP contribution in [0.15, 0.2) is 84.4 Å².